The van der Waals surface area contributed by atoms with E-state index in [-0.39, 0.29) is 0 Å². The fraction of sp³-hybridized carbons (Fsp3) is 0.200. The molecular formula is C20H15F4N5. The van der Waals surface area contributed by atoms with Crippen LogP contribution in [0.3, 0.4) is 0 Å². The van der Waals surface area contributed by atoms with E-state index in [1.165, 1.54) is 18.6 Å². The first-order valence-electron chi connectivity index (χ1n) is 8.82. The van der Waals surface area contributed by atoms with E-state index in [9.17, 15) is 17.6 Å². The molecule has 4 aromatic heterocycles. The number of halogens is 4. The number of alkyl halides is 3. The number of H-pyrrole nitrogens is 1. The summed E-state index contributed by atoms with van der Waals surface area (Å²) in [5.41, 5.74) is 2.21. The number of aromatic amines is 1. The van der Waals surface area contributed by atoms with E-state index >= 15 is 0 Å². The topological polar surface area (TPSA) is 67.3 Å². The normalized spacial score (nSPS) is 11.9. The van der Waals surface area contributed by atoms with Crippen molar-refractivity contribution in [3.63, 3.8) is 0 Å². The van der Waals surface area contributed by atoms with Gasteiger partial charge in [-0.25, -0.2) is 15.0 Å². The Hall–Kier alpha value is -3.36. The zero-order valence-electron chi connectivity index (χ0n) is 15.0. The summed E-state index contributed by atoms with van der Waals surface area (Å²) in [5.74, 6) is -0.570. The van der Waals surface area contributed by atoms with Gasteiger partial charge in [0.25, 0.3) is 0 Å². The van der Waals surface area contributed by atoms with Crippen LogP contribution in [-0.4, -0.2) is 24.9 Å². The lowest BCUT2D eigenvalue weighted by Gasteiger charge is -2.07. The number of hydrogen-bond acceptors (Lipinski definition) is 4. The van der Waals surface area contributed by atoms with Gasteiger partial charge in [-0.05, 0) is 36.1 Å². The molecule has 4 rings (SSSR count). The van der Waals surface area contributed by atoms with Crippen molar-refractivity contribution in [1.29, 1.82) is 0 Å². The summed E-state index contributed by atoms with van der Waals surface area (Å²) in [6.07, 6.45) is 2.75. The maximum Gasteiger partial charge on any atom is 0.433 e. The molecule has 9 heteroatoms. The van der Waals surface area contributed by atoms with Crippen molar-refractivity contribution in [2.45, 2.75) is 25.4 Å². The Morgan fingerprint density at radius 2 is 1.79 bits per heavy atom. The van der Waals surface area contributed by atoms with Crippen LogP contribution >= 0.6 is 0 Å². The van der Waals surface area contributed by atoms with Gasteiger partial charge in [-0.2, -0.15) is 17.6 Å². The Labute approximate surface area is 162 Å². The number of rotatable bonds is 5. The number of pyridine rings is 2. The molecule has 0 amide bonds. The first-order valence-corrected chi connectivity index (χ1v) is 8.82. The molecule has 0 unspecified atom stereocenters. The Kier molecular flexibility index (Phi) is 4.96. The molecule has 4 aromatic rings. The molecule has 0 aliphatic heterocycles. The SMILES string of the molecule is Fc1nc(CCc2ccc(C(F)(F)F)nc2)ccc1Cc1c[nH]c2ncncc12. The molecule has 4 heterocycles. The van der Waals surface area contributed by atoms with E-state index in [0.717, 1.165) is 17.0 Å². The summed E-state index contributed by atoms with van der Waals surface area (Å²) < 4.78 is 52.1. The zero-order valence-corrected chi connectivity index (χ0v) is 15.0. The van der Waals surface area contributed by atoms with Crippen molar-refractivity contribution < 1.29 is 17.6 Å². The van der Waals surface area contributed by atoms with Crippen LogP contribution in [-0.2, 0) is 25.4 Å². The van der Waals surface area contributed by atoms with Crippen molar-refractivity contribution in [2.75, 3.05) is 0 Å². The number of fused-ring (bicyclic) bond motifs is 1. The van der Waals surface area contributed by atoms with Crippen molar-refractivity contribution >= 4 is 11.0 Å². The molecule has 0 fully saturated rings. The Morgan fingerprint density at radius 3 is 2.52 bits per heavy atom. The molecule has 0 aliphatic carbocycles. The highest BCUT2D eigenvalue weighted by Crippen LogP contribution is 2.27. The van der Waals surface area contributed by atoms with Crippen molar-refractivity contribution in [1.82, 2.24) is 24.9 Å². The molecule has 0 spiro atoms. The van der Waals surface area contributed by atoms with Crippen LogP contribution < -0.4 is 0 Å². The molecule has 0 saturated carbocycles. The molecule has 0 aliphatic rings. The summed E-state index contributed by atoms with van der Waals surface area (Å²) in [5, 5.41) is 0.825. The first-order chi connectivity index (χ1) is 13.9. The van der Waals surface area contributed by atoms with Gasteiger partial charge in [0, 0.05) is 41.7 Å². The number of aryl methyl sites for hydroxylation is 2. The van der Waals surface area contributed by atoms with Crippen molar-refractivity contribution in [2.24, 2.45) is 0 Å². The first kappa shape index (κ1) is 19.0. The smallest absolute Gasteiger partial charge is 0.346 e. The van der Waals surface area contributed by atoms with Crippen LogP contribution in [0.5, 0.6) is 0 Å². The van der Waals surface area contributed by atoms with Gasteiger partial charge in [0.1, 0.15) is 17.7 Å². The summed E-state index contributed by atoms with van der Waals surface area (Å²) in [6, 6.07) is 5.71. The average molecular weight is 401 g/mol. The summed E-state index contributed by atoms with van der Waals surface area (Å²) in [4.78, 5) is 18.5. The number of nitrogens with zero attached hydrogens (tertiary/aromatic N) is 4. The van der Waals surface area contributed by atoms with E-state index in [1.54, 1.807) is 24.5 Å². The van der Waals surface area contributed by atoms with Gasteiger partial charge < -0.3 is 4.98 Å². The highest BCUT2D eigenvalue weighted by atomic mass is 19.4. The van der Waals surface area contributed by atoms with Gasteiger partial charge in [0.15, 0.2) is 0 Å². The van der Waals surface area contributed by atoms with Gasteiger partial charge in [-0.15, -0.1) is 0 Å². The standard InChI is InChI=1S/C20H15F4N5/c21-18-13(7-14-9-27-19-16(14)10-25-11-28-19)3-5-15(29-18)4-1-12-2-6-17(26-8-12)20(22,23)24/h2-3,5-6,8-11H,1,4,7H2,(H,25,27,28). The molecule has 0 atom stereocenters. The quantitative estimate of drug-likeness (QED) is 0.400. The lowest BCUT2D eigenvalue weighted by atomic mass is 10.1. The Bertz CT molecular complexity index is 1140. The lowest BCUT2D eigenvalue weighted by molar-refractivity contribution is -0.141. The van der Waals surface area contributed by atoms with E-state index in [2.05, 4.69) is 24.9 Å². The largest absolute Gasteiger partial charge is 0.433 e. The molecule has 29 heavy (non-hydrogen) atoms. The number of nitrogens with one attached hydrogen (secondary N) is 1. The van der Waals surface area contributed by atoms with Crippen LogP contribution in [0, 0.1) is 5.95 Å². The molecular weight excluding hydrogens is 386 g/mol. The van der Waals surface area contributed by atoms with Gasteiger partial charge in [0.05, 0.1) is 0 Å². The molecule has 5 nitrogen and oxygen atoms in total. The van der Waals surface area contributed by atoms with Crippen LogP contribution in [0.25, 0.3) is 11.0 Å². The second-order valence-corrected chi connectivity index (χ2v) is 6.58. The third-order valence-corrected chi connectivity index (χ3v) is 4.59. The second-order valence-electron chi connectivity index (χ2n) is 6.58. The third-order valence-electron chi connectivity index (χ3n) is 4.59. The predicted octanol–water partition coefficient (Wildman–Crippen LogP) is 4.28. The fourth-order valence-corrected chi connectivity index (χ4v) is 3.05. The Morgan fingerprint density at radius 1 is 0.931 bits per heavy atom. The van der Waals surface area contributed by atoms with Crippen LogP contribution in [0.2, 0.25) is 0 Å². The van der Waals surface area contributed by atoms with E-state index < -0.39 is 17.8 Å². The molecule has 0 radical (unpaired) electrons. The van der Waals surface area contributed by atoms with E-state index in [1.807, 2.05) is 0 Å². The van der Waals surface area contributed by atoms with Gasteiger partial charge in [-0.1, -0.05) is 12.1 Å². The summed E-state index contributed by atoms with van der Waals surface area (Å²) >= 11 is 0. The zero-order chi connectivity index (χ0) is 20.4. The average Bonchev–Trinajstić information content (AvgIpc) is 3.11. The molecule has 0 bridgehead atoms. The van der Waals surface area contributed by atoms with Crippen LogP contribution in [0.15, 0.2) is 49.2 Å². The third kappa shape index (κ3) is 4.23. The van der Waals surface area contributed by atoms with Crippen LogP contribution in [0.1, 0.15) is 28.1 Å². The predicted molar refractivity (Wildman–Crippen MR) is 97.5 cm³/mol. The fourth-order valence-electron chi connectivity index (χ4n) is 3.05. The van der Waals surface area contributed by atoms with Crippen LogP contribution in [0.4, 0.5) is 17.6 Å². The minimum absolute atomic E-state index is 0.343. The highest BCUT2D eigenvalue weighted by Gasteiger charge is 2.31. The van der Waals surface area contributed by atoms with Gasteiger partial charge in [-0.3, -0.25) is 4.98 Å². The molecule has 0 saturated heterocycles. The number of hydrogen-bond donors (Lipinski definition) is 1. The Balaban J connectivity index is 1.43. The van der Waals surface area contributed by atoms with Gasteiger partial charge in [0.2, 0.25) is 5.95 Å². The molecule has 0 aromatic carbocycles. The highest BCUT2D eigenvalue weighted by molar-refractivity contribution is 5.78. The summed E-state index contributed by atoms with van der Waals surface area (Å²) in [7, 11) is 0. The van der Waals surface area contributed by atoms with Crippen molar-refractivity contribution in [3.8, 4) is 0 Å². The monoisotopic (exact) mass is 401 g/mol. The summed E-state index contributed by atoms with van der Waals surface area (Å²) in [6.45, 7) is 0. The minimum Gasteiger partial charge on any atom is -0.346 e. The van der Waals surface area contributed by atoms with Gasteiger partial charge >= 0.3 is 6.18 Å². The van der Waals surface area contributed by atoms with E-state index in [0.29, 0.717) is 41.7 Å². The van der Waals surface area contributed by atoms with E-state index in [4.69, 9.17) is 0 Å². The maximum atomic E-state index is 14.5. The number of aromatic nitrogens is 5. The van der Waals surface area contributed by atoms with Crippen molar-refractivity contribution in [3.05, 3.63) is 83.2 Å². The minimum atomic E-state index is -4.46. The maximum absolute atomic E-state index is 14.5. The molecule has 1 N–H and O–H groups in total. The molecule has 148 valence electrons. The lowest BCUT2D eigenvalue weighted by Crippen LogP contribution is -2.08. The second kappa shape index (κ2) is 7.57.